The Morgan fingerprint density at radius 2 is 2.54 bits per heavy atom. The lowest BCUT2D eigenvalue weighted by molar-refractivity contribution is -0.126. The normalized spacial score (nSPS) is 27.7. The highest BCUT2D eigenvalue weighted by Gasteiger charge is 2.40. The zero-order chi connectivity index (χ0) is 9.47. The number of hydrogen-bond donors (Lipinski definition) is 1. The Bertz CT molecular complexity index is 349. The molecule has 1 aliphatic rings. The van der Waals surface area contributed by atoms with E-state index in [0.29, 0.717) is 0 Å². The van der Waals surface area contributed by atoms with Crippen molar-refractivity contribution in [3.63, 3.8) is 0 Å². The van der Waals surface area contributed by atoms with Crippen LogP contribution in [0.4, 0.5) is 0 Å². The number of halogens is 1. The second-order valence-corrected chi connectivity index (χ2v) is 4.18. The second-order valence-electron chi connectivity index (χ2n) is 3.36. The van der Waals surface area contributed by atoms with E-state index >= 15 is 0 Å². The van der Waals surface area contributed by atoms with Gasteiger partial charge in [0.25, 0.3) is 0 Å². The van der Waals surface area contributed by atoms with Gasteiger partial charge >= 0.3 is 0 Å². The molecular weight excluding hydrogens is 234 g/mol. The van der Waals surface area contributed by atoms with Crippen molar-refractivity contribution < 1.29 is 4.79 Å². The third-order valence-electron chi connectivity index (χ3n) is 2.45. The van der Waals surface area contributed by atoms with Gasteiger partial charge in [0, 0.05) is 12.7 Å². The van der Waals surface area contributed by atoms with Gasteiger partial charge in [0.2, 0.25) is 5.91 Å². The number of hydrogen-bond acceptors (Lipinski definition) is 2. The van der Waals surface area contributed by atoms with E-state index in [4.69, 9.17) is 0 Å². The minimum absolute atomic E-state index is 0.0445. The van der Waals surface area contributed by atoms with Crippen LogP contribution in [-0.4, -0.2) is 22.2 Å². The van der Waals surface area contributed by atoms with Gasteiger partial charge in [-0.25, -0.2) is 0 Å². The molecule has 1 saturated heterocycles. The van der Waals surface area contributed by atoms with Gasteiger partial charge in [-0.1, -0.05) is 0 Å². The highest BCUT2D eigenvalue weighted by atomic mass is 79.9. The van der Waals surface area contributed by atoms with E-state index in [1.54, 1.807) is 4.68 Å². The van der Waals surface area contributed by atoms with Crippen LogP contribution in [-0.2, 0) is 10.3 Å². The minimum Gasteiger partial charge on any atom is -0.354 e. The Labute approximate surface area is 84.4 Å². The van der Waals surface area contributed by atoms with Crippen LogP contribution in [0.15, 0.2) is 16.9 Å². The lowest BCUT2D eigenvalue weighted by atomic mass is 10.0. The number of amides is 1. The van der Waals surface area contributed by atoms with Gasteiger partial charge in [-0.05, 0) is 35.3 Å². The van der Waals surface area contributed by atoms with Crippen molar-refractivity contribution >= 4 is 21.8 Å². The van der Waals surface area contributed by atoms with Crippen LogP contribution in [0.5, 0.6) is 0 Å². The molecule has 0 spiro atoms. The average molecular weight is 244 g/mol. The Morgan fingerprint density at radius 3 is 3.00 bits per heavy atom. The Balaban J connectivity index is 2.39. The van der Waals surface area contributed by atoms with Crippen LogP contribution in [0.3, 0.4) is 0 Å². The van der Waals surface area contributed by atoms with Gasteiger partial charge in [0.15, 0.2) is 0 Å². The van der Waals surface area contributed by atoms with Crippen LogP contribution in [0, 0.1) is 0 Å². The first-order chi connectivity index (χ1) is 6.13. The Hall–Kier alpha value is -0.840. The van der Waals surface area contributed by atoms with E-state index in [1.807, 2.05) is 19.2 Å². The molecule has 1 aliphatic heterocycles. The molecule has 0 aliphatic carbocycles. The Kier molecular flexibility index (Phi) is 1.91. The smallest absolute Gasteiger partial charge is 0.247 e. The second kappa shape index (κ2) is 2.83. The summed E-state index contributed by atoms with van der Waals surface area (Å²) in [5, 5.41) is 6.99. The molecule has 0 saturated carbocycles. The SMILES string of the molecule is CC1(n2ccc(Br)n2)CCNC1=O. The molecule has 2 heterocycles. The summed E-state index contributed by atoms with van der Waals surface area (Å²) in [5.41, 5.74) is -0.508. The maximum atomic E-state index is 11.5. The number of carbonyl (C=O) groups is 1. The summed E-state index contributed by atoms with van der Waals surface area (Å²) in [7, 11) is 0. The summed E-state index contributed by atoms with van der Waals surface area (Å²) >= 11 is 3.26. The highest BCUT2D eigenvalue weighted by molar-refractivity contribution is 9.10. The molecule has 1 fully saturated rings. The number of nitrogens with one attached hydrogen (secondary N) is 1. The summed E-state index contributed by atoms with van der Waals surface area (Å²) in [6, 6.07) is 1.83. The maximum Gasteiger partial charge on any atom is 0.247 e. The van der Waals surface area contributed by atoms with Crippen molar-refractivity contribution in [1.82, 2.24) is 15.1 Å². The van der Waals surface area contributed by atoms with Crippen LogP contribution in [0.1, 0.15) is 13.3 Å². The first-order valence-electron chi connectivity index (χ1n) is 4.13. The van der Waals surface area contributed by atoms with Gasteiger partial charge in [0.1, 0.15) is 10.1 Å². The maximum absolute atomic E-state index is 11.5. The average Bonchev–Trinajstić information content (AvgIpc) is 2.62. The molecule has 13 heavy (non-hydrogen) atoms. The molecule has 1 aromatic rings. The molecule has 0 radical (unpaired) electrons. The number of rotatable bonds is 1. The summed E-state index contributed by atoms with van der Waals surface area (Å²) in [6.07, 6.45) is 2.61. The zero-order valence-corrected chi connectivity index (χ0v) is 8.84. The summed E-state index contributed by atoms with van der Waals surface area (Å²) in [4.78, 5) is 11.5. The number of nitrogens with zero attached hydrogens (tertiary/aromatic N) is 2. The summed E-state index contributed by atoms with van der Waals surface area (Å²) < 4.78 is 2.47. The summed E-state index contributed by atoms with van der Waals surface area (Å²) in [5.74, 6) is 0.0445. The molecular formula is C8H10BrN3O. The first-order valence-corrected chi connectivity index (χ1v) is 4.92. The van der Waals surface area contributed by atoms with Crippen molar-refractivity contribution in [2.24, 2.45) is 0 Å². The quantitative estimate of drug-likeness (QED) is 0.797. The Morgan fingerprint density at radius 1 is 1.77 bits per heavy atom. The van der Waals surface area contributed by atoms with Crippen LogP contribution >= 0.6 is 15.9 Å². The molecule has 0 bridgehead atoms. The van der Waals surface area contributed by atoms with Crippen LogP contribution in [0.2, 0.25) is 0 Å². The summed E-state index contributed by atoms with van der Waals surface area (Å²) in [6.45, 7) is 2.63. The third kappa shape index (κ3) is 1.27. The molecule has 1 atom stereocenters. The fourth-order valence-electron chi connectivity index (χ4n) is 1.52. The predicted molar refractivity (Wildman–Crippen MR) is 51.2 cm³/mol. The van der Waals surface area contributed by atoms with Crippen molar-refractivity contribution in [3.8, 4) is 0 Å². The van der Waals surface area contributed by atoms with Crippen molar-refractivity contribution in [3.05, 3.63) is 16.9 Å². The topological polar surface area (TPSA) is 46.9 Å². The van der Waals surface area contributed by atoms with Gasteiger partial charge in [-0.15, -0.1) is 0 Å². The molecule has 1 aromatic heterocycles. The van der Waals surface area contributed by atoms with Crippen molar-refractivity contribution in [2.45, 2.75) is 18.9 Å². The number of aromatic nitrogens is 2. The van der Waals surface area contributed by atoms with E-state index in [9.17, 15) is 4.79 Å². The molecule has 70 valence electrons. The highest BCUT2D eigenvalue weighted by Crippen LogP contribution is 2.24. The standard InChI is InChI=1S/C8H10BrN3O/c1-8(3-4-10-7(8)13)12-5-2-6(9)11-12/h2,5H,3-4H2,1H3,(H,10,13). The van der Waals surface area contributed by atoms with E-state index in [2.05, 4.69) is 26.3 Å². The molecule has 0 aromatic carbocycles. The largest absolute Gasteiger partial charge is 0.354 e. The van der Waals surface area contributed by atoms with Gasteiger partial charge in [-0.3, -0.25) is 9.48 Å². The van der Waals surface area contributed by atoms with Crippen LogP contribution in [0.25, 0.3) is 0 Å². The van der Waals surface area contributed by atoms with Crippen molar-refractivity contribution in [1.29, 1.82) is 0 Å². The monoisotopic (exact) mass is 243 g/mol. The predicted octanol–water partition coefficient (Wildman–Crippen LogP) is 0.881. The molecule has 1 unspecified atom stereocenters. The molecule has 5 heteroatoms. The van der Waals surface area contributed by atoms with E-state index in [0.717, 1.165) is 17.6 Å². The lowest BCUT2D eigenvalue weighted by Gasteiger charge is -2.20. The third-order valence-corrected chi connectivity index (χ3v) is 2.87. The van der Waals surface area contributed by atoms with Gasteiger partial charge < -0.3 is 5.32 Å². The molecule has 1 N–H and O–H groups in total. The fourth-order valence-corrected chi connectivity index (χ4v) is 1.81. The first kappa shape index (κ1) is 8.74. The van der Waals surface area contributed by atoms with Crippen molar-refractivity contribution in [2.75, 3.05) is 6.54 Å². The zero-order valence-electron chi connectivity index (χ0n) is 7.25. The van der Waals surface area contributed by atoms with E-state index in [1.165, 1.54) is 0 Å². The van der Waals surface area contributed by atoms with E-state index < -0.39 is 5.54 Å². The molecule has 4 nitrogen and oxygen atoms in total. The number of carbonyl (C=O) groups excluding carboxylic acids is 1. The molecule has 1 amide bonds. The van der Waals surface area contributed by atoms with Gasteiger partial charge in [0.05, 0.1) is 0 Å². The van der Waals surface area contributed by atoms with Crippen LogP contribution < -0.4 is 5.32 Å². The molecule has 2 rings (SSSR count). The fraction of sp³-hybridized carbons (Fsp3) is 0.500. The minimum atomic E-state index is -0.508. The lowest BCUT2D eigenvalue weighted by Crippen LogP contribution is -2.38. The van der Waals surface area contributed by atoms with Gasteiger partial charge in [-0.2, -0.15) is 5.10 Å². The van der Waals surface area contributed by atoms with E-state index in [-0.39, 0.29) is 5.91 Å².